The Labute approximate surface area is 187 Å². The second-order valence-electron chi connectivity index (χ2n) is 7.14. The normalized spacial score (nSPS) is 17.5. The lowest BCUT2D eigenvalue weighted by Crippen LogP contribution is -2.37. The van der Waals surface area contributed by atoms with E-state index < -0.39 is 29.6 Å². The molecule has 2 heterocycles. The van der Waals surface area contributed by atoms with E-state index in [4.69, 9.17) is 4.74 Å². The Hall–Kier alpha value is -3.46. The first-order chi connectivity index (χ1) is 15.4. The van der Waals surface area contributed by atoms with Crippen LogP contribution in [0.5, 0.6) is 0 Å². The van der Waals surface area contributed by atoms with Crippen LogP contribution in [0.3, 0.4) is 0 Å². The van der Waals surface area contributed by atoms with Crippen molar-refractivity contribution in [3.05, 3.63) is 88.1 Å². The number of methoxy groups -OCH3 is 1. The molecule has 6 nitrogen and oxygen atoms in total. The molecule has 0 aromatic heterocycles. The van der Waals surface area contributed by atoms with Gasteiger partial charge in [0.1, 0.15) is 11.6 Å². The van der Waals surface area contributed by atoms with Gasteiger partial charge in [-0.1, -0.05) is 36.0 Å². The van der Waals surface area contributed by atoms with E-state index in [1.54, 1.807) is 35.4 Å². The number of fused-ring (bicyclic) bond motifs is 1. The van der Waals surface area contributed by atoms with Crippen molar-refractivity contribution in [2.45, 2.75) is 19.4 Å². The molecule has 32 heavy (non-hydrogen) atoms. The number of amides is 1. The number of rotatable bonds is 5. The first-order valence-corrected chi connectivity index (χ1v) is 10.6. The highest BCUT2D eigenvalue weighted by atomic mass is 32.2. The highest BCUT2D eigenvalue weighted by Gasteiger charge is 2.41. The molecule has 0 saturated carbocycles. The van der Waals surface area contributed by atoms with E-state index in [0.29, 0.717) is 22.1 Å². The highest BCUT2D eigenvalue weighted by Crippen LogP contribution is 2.44. The third-order valence-electron chi connectivity index (χ3n) is 5.06. The van der Waals surface area contributed by atoms with Crippen molar-refractivity contribution < 1.29 is 23.1 Å². The predicted molar refractivity (Wildman–Crippen MR) is 118 cm³/mol. The SMILES string of the molecule is COC(=O)C1=C(C)N=C2SC=C(CC(=O)Nc3ccccc3F)N2C1c1cccc(F)c1. The second-order valence-corrected chi connectivity index (χ2v) is 7.98. The number of aliphatic imine (C=N–C) groups is 1. The molecule has 0 bridgehead atoms. The molecule has 2 aromatic rings. The third-order valence-corrected chi connectivity index (χ3v) is 5.95. The van der Waals surface area contributed by atoms with E-state index in [-0.39, 0.29) is 17.7 Å². The average molecular weight is 455 g/mol. The minimum absolute atomic E-state index is 0.0731. The predicted octanol–water partition coefficient (Wildman–Crippen LogP) is 4.74. The number of hydrogen-bond donors (Lipinski definition) is 1. The maximum Gasteiger partial charge on any atom is 0.338 e. The Morgan fingerprint density at radius 1 is 1.19 bits per heavy atom. The smallest absolute Gasteiger partial charge is 0.338 e. The number of hydrogen-bond acceptors (Lipinski definition) is 6. The zero-order valence-corrected chi connectivity index (χ0v) is 18.1. The summed E-state index contributed by atoms with van der Waals surface area (Å²) in [6.07, 6.45) is -0.0975. The first-order valence-electron chi connectivity index (χ1n) is 9.71. The summed E-state index contributed by atoms with van der Waals surface area (Å²) in [7, 11) is 1.27. The van der Waals surface area contributed by atoms with Gasteiger partial charge in [-0.2, -0.15) is 0 Å². The van der Waals surface area contributed by atoms with Crippen molar-refractivity contribution in [3.63, 3.8) is 0 Å². The largest absolute Gasteiger partial charge is 0.466 e. The van der Waals surface area contributed by atoms with Gasteiger partial charge in [0, 0.05) is 5.70 Å². The third kappa shape index (κ3) is 4.16. The second kappa shape index (κ2) is 8.96. The molecule has 0 spiro atoms. The van der Waals surface area contributed by atoms with Crippen LogP contribution < -0.4 is 5.32 Å². The molecular formula is C23H19F2N3O3S. The summed E-state index contributed by atoms with van der Waals surface area (Å²) in [5, 5.41) is 4.86. The van der Waals surface area contributed by atoms with Gasteiger partial charge in [-0.3, -0.25) is 4.79 Å². The van der Waals surface area contributed by atoms with Crippen LogP contribution in [0.2, 0.25) is 0 Å². The molecule has 0 radical (unpaired) electrons. The van der Waals surface area contributed by atoms with Gasteiger partial charge in [0.15, 0.2) is 5.17 Å². The van der Waals surface area contributed by atoms with Crippen LogP contribution in [0.1, 0.15) is 24.9 Å². The Morgan fingerprint density at radius 2 is 1.97 bits per heavy atom. The number of nitrogens with one attached hydrogen (secondary N) is 1. The van der Waals surface area contributed by atoms with E-state index in [2.05, 4.69) is 10.3 Å². The van der Waals surface area contributed by atoms with Gasteiger partial charge in [-0.05, 0) is 42.2 Å². The molecule has 1 N–H and O–H groups in total. The molecule has 4 rings (SSSR count). The molecule has 1 unspecified atom stereocenters. The molecule has 0 fully saturated rings. The number of para-hydroxylation sites is 1. The highest BCUT2D eigenvalue weighted by molar-refractivity contribution is 8.16. The van der Waals surface area contributed by atoms with Crippen molar-refractivity contribution >= 4 is 34.5 Å². The average Bonchev–Trinajstić information content (AvgIpc) is 3.15. The quantitative estimate of drug-likeness (QED) is 0.660. The lowest BCUT2D eigenvalue weighted by atomic mass is 9.94. The van der Waals surface area contributed by atoms with E-state index in [1.807, 2.05) is 0 Å². The van der Waals surface area contributed by atoms with Crippen LogP contribution in [0.4, 0.5) is 14.5 Å². The van der Waals surface area contributed by atoms with Crippen molar-refractivity contribution in [2.24, 2.45) is 4.99 Å². The summed E-state index contributed by atoms with van der Waals surface area (Å²) in [6, 6.07) is 11.1. The van der Waals surface area contributed by atoms with E-state index >= 15 is 0 Å². The van der Waals surface area contributed by atoms with Gasteiger partial charge in [-0.25, -0.2) is 18.6 Å². The molecule has 2 aliphatic heterocycles. The van der Waals surface area contributed by atoms with Crippen molar-refractivity contribution in [3.8, 4) is 0 Å². The molecule has 0 aliphatic carbocycles. The fourth-order valence-corrected chi connectivity index (χ4v) is 4.62. The van der Waals surface area contributed by atoms with Crippen LogP contribution in [-0.4, -0.2) is 29.1 Å². The lowest BCUT2D eigenvalue weighted by Gasteiger charge is -2.36. The number of benzene rings is 2. The number of nitrogens with zero attached hydrogens (tertiary/aromatic N) is 2. The Balaban J connectivity index is 1.68. The number of halogens is 2. The molecule has 2 aliphatic rings. The molecule has 1 atom stereocenters. The van der Waals surface area contributed by atoms with Crippen molar-refractivity contribution in [2.75, 3.05) is 12.4 Å². The van der Waals surface area contributed by atoms with Gasteiger partial charge in [-0.15, -0.1) is 0 Å². The van der Waals surface area contributed by atoms with Gasteiger partial charge in [0.25, 0.3) is 0 Å². The monoisotopic (exact) mass is 455 g/mol. The summed E-state index contributed by atoms with van der Waals surface area (Å²) in [5.41, 5.74) is 1.84. The number of ether oxygens (including phenoxy) is 1. The minimum Gasteiger partial charge on any atom is -0.466 e. The summed E-state index contributed by atoms with van der Waals surface area (Å²) in [5.74, 6) is -2.03. The van der Waals surface area contributed by atoms with E-state index in [9.17, 15) is 18.4 Å². The zero-order chi connectivity index (χ0) is 22.8. The van der Waals surface area contributed by atoms with Crippen LogP contribution in [-0.2, 0) is 14.3 Å². The fourth-order valence-electron chi connectivity index (χ4n) is 3.65. The topological polar surface area (TPSA) is 71.0 Å². The van der Waals surface area contributed by atoms with Gasteiger partial charge in [0.05, 0.1) is 36.5 Å². The molecule has 2 aromatic carbocycles. The minimum atomic E-state index is -0.729. The molecule has 0 saturated heterocycles. The van der Waals surface area contributed by atoms with E-state index in [1.165, 1.54) is 49.2 Å². The maximum atomic E-state index is 14.1. The number of anilines is 1. The number of allylic oxidation sites excluding steroid dienone is 1. The number of carbonyl (C=O) groups excluding carboxylic acids is 2. The summed E-state index contributed by atoms with van der Waals surface area (Å²) in [6.45, 7) is 1.69. The number of carbonyl (C=O) groups is 2. The van der Waals surface area contributed by atoms with Gasteiger partial charge in [0.2, 0.25) is 5.91 Å². The van der Waals surface area contributed by atoms with Crippen molar-refractivity contribution in [1.82, 2.24) is 4.90 Å². The Morgan fingerprint density at radius 3 is 2.69 bits per heavy atom. The summed E-state index contributed by atoms with van der Waals surface area (Å²) >= 11 is 1.29. The van der Waals surface area contributed by atoms with Gasteiger partial charge < -0.3 is 15.0 Å². The molecule has 9 heteroatoms. The standard InChI is InChI=1S/C23H19F2N3O3S/c1-13-20(22(30)31-2)21(14-6-5-7-15(24)10-14)28-16(12-32-23(28)26-13)11-19(29)27-18-9-4-3-8-17(18)25/h3-10,12,21H,11H2,1-2H3,(H,27,29). The Kier molecular flexibility index (Phi) is 6.09. The van der Waals surface area contributed by atoms with Crippen LogP contribution in [0, 0.1) is 11.6 Å². The molecular weight excluding hydrogens is 436 g/mol. The molecule has 164 valence electrons. The lowest BCUT2D eigenvalue weighted by molar-refractivity contribution is -0.136. The number of esters is 1. The first kappa shape index (κ1) is 21.8. The van der Waals surface area contributed by atoms with Crippen molar-refractivity contribution in [1.29, 1.82) is 0 Å². The van der Waals surface area contributed by atoms with Crippen LogP contribution in [0.15, 0.2) is 75.9 Å². The number of amidine groups is 1. The van der Waals surface area contributed by atoms with Gasteiger partial charge >= 0.3 is 5.97 Å². The summed E-state index contributed by atoms with van der Waals surface area (Å²) in [4.78, 5) is 31.5. The summed E-state index contributed by atoms with van der Waals surface area (Å²) < 4.78 is 32.9. The fraction of sp³-hybridized carbons (Fsp3) is 0.174. The number of thioether (sulfide) groups is 1. The van der Waals surface area contributed by atoms with E-state index in [0.717, 1.165) is 0 Å². The zero-order valence-electron chi connectivity index (χ0n) is 17.3. The Bertz CT molecular complexity index is 1190. The van der Waals surface area contributed by atoms with Crippen LogP contribution in [0.25, 0.3) is 0 Å². The maximum absolute atomic E-state index is 14.1. The van der Waals surface area contributed by atoms with Crippen LogP contribution >= 0.6 is 11.8 Å². The molecule has 1 amide bonds.